The third-order valence-electron chi connectivity index (χ3n) is 0.304. The molecule has 3 heteroatoms. The van der Waals surface area contributed by atoms with E-state index in [1.807, 2.05) is 22.6 Å². The number of halogens is 2. The van der Waals surface area contributed by atoms with Crippen molar-refractivity contribution in [3.8, 4) is 0 Å². The van der Waals surface area contributed by atoms with Gasteiger partial charge in [0.15, 0.2) is 0 Å². The second kappa shape index (κ2) is 4.05. The molecule has 0 N–H and O–H groups in total. The van der Waals surface area contributed by atoms with Gasteiger partial charge < -0.3 is 0 Å². The van der Waals surface area contributed by atoms with Gasteiger partial charge in [-0.05, 0) is 0 Å². The molecule has 0 spiro atoms. The van der Waals surface area contributed by atoms with E-state index in [9.17, 15) is 4.79 Å². The van der Waals surface area contributed by atoms with E-state index in [0.29, 0.717) is 5.72 Å². The van der Waals surface area contributed by atoms with E-state index in [-0.39, 0.29) is 21.2 Å². The van der Waals surface area contributed by atoms with Gasteiger partial charge in [0, 0.05) is 0 Å². The summed E-state index contributed by atoms with van der Waals surface area (Å²) in [4.78, 5) is 10.3. The van der Waals surface area contributed by atoms with Crippen LogP contribution in [0.3, 0.4) is 0 Å². The molecule has 0 saturated heterocycles. The van der Waals surface area contributed by atoms with Gasteiger partial charge in [-0.25, -0.2) is 0 Å². The number of carbonyl (C=O) groups is 1. The zero-order chi connectivity index (χ0) is 5.86. The number of hydrogen-bond acceptors (Lipinski definition) is 1. The fourth-order valence-corrected chi connectivity index (χ4v) is 4.31. The Morgan fingerprint density at radius 2 is 2.14 bits per heavy atom. The average molecular weight is 325 g/mol. The Morgan fingerprint density at radius 1 is 1.71 bits per heavy atom. The van der Waals surface area contributed by atoms with Crippen molar-refractivity contribution in [3.63, 3.8) is 0 Å². The van der Waals surface area contributed by atoms with Crippen LogP contribution in [0.4, 0.5) is 4.79 Å². The molecule has 0 amide bonds. The topological polar surface area (TPSA) is 17.1 Å². The SMILES string of the molecule is CC(C)[I-]C(=O)I. The molecule has 0 bridgehead atoms. The zero-order valence-electron chi connectivity index (χ0n) is 4.24. The van der Waals surface area contributed by atoms with E-state index in [0.717, 1.165) is 0 Å². The van der Waals surface area contributed by atoms with Crippen LogP contribution in [0.2, 0.25) is 0 Å². The minimum absolute atomic E-state index is 0.147. The molecule has 0 atom stereocenters. The van der Waals surface area contributed by atoms with Crippen LogP contribution in [0, 0.1) is 0 Å². The van der Waals surface area contributed by atoms with Gasteiger partial charge in [-0.3, -0.25) is 0 Å². The molecular formula is C4H7I2O-. The van der Waals surface area contributed by atoms with Gasteiger partial charge in [0.25, 0.3) is 0 Å². The number of carbonyl (C=O) groups excluding carboxylic acids is 1. The average Bonchev–Trinajstić information content (AvgIpc) is 1.27. The van der Waals surface area contributed by atoms with Gasteiger partial charge in [-0.1, -0.05) is 0 Å². The fourth-order valence-electron chi connectivity index (χ4n) is 0.172. The van der Waals surface area contributed by atoms with Crippen LogP contribution < -0.4 is 21.2 Å². The molecule has 0 unspecified atom stereocenters. The molecule has 0 aliphatic carbocycles. The zero-order valence-corrected chi connectivity index (χ0v) is 8.56. The van der Waals surface area contributed by atoms with Gasteiger partial charge in [-0.2, -0.15) is 0 Å². The van der Waals surface area contributed by atoms with E-state index in [4.69, 9.17) is 0 Å². The van der Waals surface area contributed by atoms with Crippen molar-refractivity contribution in [1.29, 1.82) is 0 Å². The molecule has 1 nitrogen and oxygen atoms in total. The Bertz CT molecular complexity index is 70.1. The van der Waals surface area contributed by atoms with Crippen LogP contribution >= 0.6 is 22.6 Å². The van der Waals surface area contributed by atoms with E-state index in [1.54, 1.807) is 0 Å². The van der Waals surface area contributed by atoms with Crippen LogP contribution in [0.5, 0.6) is 0 Å². The third-order valence-corrected chi connectivity index (χ3v) is 3.62. The van der Waals surface area contributed by atoms with Crippen molar-refractivity contribution < 1.29 is 26.0 Å². The molecule has 0 rings (SSSR count). The molecule has 0 fully saturated rings. The van der Waals surface area contributed by atoms with Gasteiger partial charge in [-0.15, -0.1) is 0 Å². The van der Waals surface area contributed by atoms with Gasteiger partial charge in [0.2, 0.25) is 0 Å². The molecule has 0 heterocycles. The van der Waals surface area contributed by atoms with Crippen molar-refractivity contribution in [2.75, 3.05) is 0 Å². The van der Waals surface area contributed by atoms with Crippen LogP contribution in [-0.4, -0.2) is 5.72 Å². The summed E-state index contributed by atoms with van der Waals surface area (Å²) in [5.41, 5.74) is 0. The molecule has 0 aliphatic heterocycles. The summed E-state index contributed by atoms with van der Waals surface area (Å²) >= 11 is 1.72. The van der Waals surface area contributed by atoms with Crippen LogP contribution in [0.25, 0.3) is 0 Å². The van der Waals surface area contributed by atoms with Crippen LogP contribution in [0.15, 0.2) is 0 Å². The molecular weight excluding hydrogens is 318 g/mol. The predicted molar refractivity (Wildman–Crippen MR) is 34.6 cm³/mol. The second-order valence-electron chi connectivity index (χ2n) is 1.35. The van der Waals surface area contributed by atoms with E-state index in [1.165, 1.54) is 0 Å². The Morgan fingerprint density at radius 3 is 2.14 bits per heavy atom. The number of alkyl halides is 1. The first-order valence-electron chi connectivity index (χ1n) is 1.96. The monoisotopic (exact) mass is 325 g/mol. The van der Waals surface area contributed by atoms with Crippen molar-refractivity contribution in [2.24, 2.45) is 0 Å². The summed E-state index contributed by atoms with van der Waals surface area (Å²) in [5.74, 6) is 0. The van der Waals surface area contributed by atoms with E-state index >= 15 is 0 Å². The summed E-state index contributed by atoms with van der Waals surface area (Å²) < 4.78 is 0.995. The molecule has 0 aromatic carbocycles. The number of hydrogen-bond donors (Lipinski definition) is 0. The molecule has 44 valence electrons. The van der Waals surface area contributed by atoms with Crippen molar-refractivity contribution in [1.82, 2.24) is 0 Å². The quantitative estimate of drug-likeness (QED) is 0.363. The molecule has 0 radical (unpaired) electrons. The molecule has 7 heavy (non-hydrogen) atoms. The summed E-state index contributed by atoms with van der Waals surface area (Å²) in [5, 5.41) is 0. The van der Waals surface area contributed by atoms with Crippen molar-refractivity contribution in [3.05, 3.63) is 0 Å². The van der Waals surface area contributed by atoms with Gasteiger partial charge in [0.05, 0.1) is 0 Å². The predicted octanol–water partition coefficient (Wildman–Crippen LogP) is -0.961. The van der Waals surface area contributed by atoms with E-state index < -0.39 is 0 Å². The minimum atomic E-state index is -0.147. The summed E-state index contributed by atoms with van der Waals surface area (Å²) in [6.45, 7) is 4.17. The summed E-state index contributed by atoms with van der Waals surface area (Å²) in [6, 6.07) is 0. The third kappa shape index (κ3) is 7.13. The molecule has 0 saturated carbocycles. The Balaban J connectivity index is 3.13. The van der Waals surface area contributed by atoms with Crippen molar-refractivity contribution >= 4 is 24.4 Å². The van der Waals surface area contributed by atoms with Crippen LogP contribution in [-0.2, 0) is 0 Å². The van der Waals surface area contributed by atoms with E-state index in [2.05, 4.69) is 13.8 Å². The first-order chi connectivity index (χ1) is 3.13. The molecule has 0 aromatic rings. The summed E-state index contributed by atoms with van der Waals surface area (Å²) in [7, 11) is 0. The second-order valence-corrected chi connectivity index (χ2v) is 8.49. The maximum absolute atomic E-state index is 10.3. The Kier molecular flexibility index (Phi) is 4.71. The maximum atomic E-state index is 10.3. The normalized spacial score (nSPS) is 10.3. The first-order valence-corrected chi connectivity index (χ1v) is 5.36. The number of rotatable bonds is 2. The first kappa shape index (κ1) is 8.13. The molecule has 0 aliphatic rings. The van der Waals surface area contributed by atoms with Crippen LogP contribution in [0.1, 0.15) is 13.8 Å². The van der Waals surface area contributed by atoms with Gasteiger partial charge >= 0.3 is 68.2 Å². The van der Waals surface area contributed by atoms with Crippen molar-refractivity contribution in [2.45, 2.75) is 17.8 Å². The fraction of sp³-hybridized carbons (Fsp3) is 0.750. The summed E-state index contributed by atoms with van der Waals surface area (Å²) in [6.07, 6.45) is 0. The molecule has 0 aromatic heterocycles. The van der Waals surface area contributed by atoms with Gasteiger partial charge in [0.1, 0.15) is 0 Å². The Labute approximate surface area is 67.6 Å². The Hall–Kier alpha value is 1.13. The standard InChI is InChI=1S/C4H7I2O/c1-3(2)6-4(5)7/h3H,1-2H3/q-1.